The molecule has 1 aliphatic carbocycles. The van der Waals surface area contributed by atoms with Gasteiger partial charge in [0, 0.05) is 11.9 Å². The molecule has 2 N–H and O–H groups in total. The Morgan fingerprint density at radius 3 is 2.88 bits per heavy atom. The summed E-state index contributed by atoms with van der Waals surface area (Å²) in [6, 6.07) is 8.89. The lowest BCUT2D eigenvalue weighted by Gasteiger charge is -2.24. The van der Waals surface area contributed by atoms with Crippen molar-refractivity contribution in [1.82, 2.24) is 10.6 Å². The number of aryl methyl sites for hydroxylation is 1. The number of hydrogen-bond donors (Lipinski definition) is 2. The summed E-state index contributed by atoms with van der Waals surface area (Å²) >= 11 is 0. The van der Waals surface area contributed by atoms with E-state index in [4.69, 9.17) is 0 Å². The summed E-state index contributed by atoms with van der Waals surface area (Å²) in [6.45, 7) is 0.901. The smallest absolute Gasteiger partial charge is 0.0843 e. The molecule has 1 aromatic rings. The Balaban J connectivity index is 1.68. The maximum Gasteiger partial charge on any atom is 0.0843 e. The average Bonchev–Trinajstić information content (AvgIpc) is 2.82. The fraction of sp³-hybridized carbons (Fsp3) is 0.429. The van der Waals surface area contributed by atoms with Gasteiger partial charge >= 0.3 is 0 Å². The summed E-state index contributed by atoms with van der Waals surface area (Å²) in [5.41, 5.74) is 4.50. The van der Waals surface area contributed by atoms with Crippen molar-refractivity contribution in [2.24, 2.45) is 5.92 Å². The summed E-state index contributed by atoms with van der Waals surface area (Å²) < 4.78 is 0. The first-order valence-corrected chi connectivity index (χ1v) is 6.15. The fourth-order valence-corrected chi connectivity index (χ4v) is 2.78. The second kappa shape index (κ2) is 4.20. The van der Waals surface area contributed by atoms with Gasteiger partial charge in [-0.05, 0) is 42.7 Å². The number of fused-ring (bicyclic) bond motifs is 1. The molecule has 1 aromatic carbocycles. The minimum Gasteiger partial charge on any atom is -0.372 e. The van der Waals surface area contributed by atoms with Crippen molar-refractivity contribution in [2.45, 2.75) is 25.7 Å². The van der Waals surface area contributed by atoms with E-state index in [1.54, 1.807) is 11.1 Å². The molecule has 0 unspecified atom stereocenters. The van der Waals surface area contributed by atoms with E-state index in [2.05, 4.69) is 41.1 Å². The summed E-state index contributed by atoms with van der Waals surface area (Å²) in [6.07, 6.45) is 7.15. The zero-order valence-corrected chi connectivity index (χ0v) is 9.50. The molecule has 0 aromatic heterocycles. The third-order valence-corrected chi connectivity index (χ3v) is 3.65. The highest BCUT2D eigenvalue weighted by Gasteiger charge is 2.19. The molecule has 3 rings (SSSR count). The molecule has 2 nitrogen and oxygen atoms in total. The number of hydrogen-bond acceptors (Lipinski definition) is 2. The van der Waals surface area contributed by atoms with Gasteiger partial charge in [0.1, 0.15) is 0 Å². The van der Waals surface area contributed by atoms with Crippen LogP contribution in [-0.2, 0) is 12.8 Å². The van der Waals surface area contributed by atoms with Gasteiger partial charge in [-0.1, -0.05) is 24.3 Å². The number of benzene rings is 1. The van der Waals surface area contributed by atoms with Gasteiger partial charge in [-0.25, -0.2) is 0 Å². The van der Waals surface area contributed by atoms with Gasteiger partial charge in [-0.15, -0.1) is 0 Å². The molecular weight excluding hydrogens is 196 g/mol. The van der Waals surface area contributed by atoms with Crippen molar-refractivity contribution in [3.63, 3.8) is 0 Å². The lowest BCUT2D eigenvalue weighted by atomic mass is 9.82. The van der Waals surface area contributed by atoms with Crippen molar-refractivity contribution in [1.29, 1.82) is 0 Å². The van der Waals surface area contributed by atoms with Gasteiger partial charge in [0.2, 0.25) is 0 Å². The monoisotopic (exact) mass is 214 g/mol. The first-order chi connectivity index (χ1) is 7.92. The van der Waals surface area contributed by atoms with Crippen LogP contribution in [0.4, 0.5) is 0 Å². The summed E-state index contributed by atoms with van der Waals surface area (Å²) in [5.74, 6) is 0.813. The molecule has 2 heteroatoms. The largest absolute Gasteiger partial charge is 0.372 e. The van der Waals surface area contributed by atoms with Gasteiger partial charge in [0.05, 0.1) is 6.67 Å². The Bertz CT molecular complexity index is 409. The van der Waals surface area contributed by atoms with Crippen LogP contribution in [0, 0.1) is 5.92 Å². The van der Waals surface area contributed by atoms with Gasteiger partial charge in [-0.3, -0.25) is 0 Å². The van der Waals surface area contributed by atoms with E-state index < -0.39 is 0 Å². The normalized spacial score (nSPS) is 23.0. The molecule has 0 saturated heterocycles. The van der Waals surface area contributed by atoms with Crippen LogP contribution in [-0.4, -0.2) is 6.67 Å². The second-order valence-electron chi connectivity index (χ2n) is 4.81. The van der Waals surface area contributed by atoms with Crippen molar-refractivity contribution in [3.05, 3.63) is 47.3 Å². The molecular formula is C14H18N2. The van der Waals surface area contributed by atoms with Crippen molar-refractivity contribution in [3.8, 4) is 0 Å². The maximum absolute atomic E-state index is 3.38. The SMILES string of the molecule is C1=C(C[C@@H]2CCc3ccccc3C2)NCN1. The lowest BCUT2D eigenvalue weighted by Crippen LogP contribution is -2.19. The molecule has 0 bridgehead atoms. The van der Waals surface area contributed by atoms with Crippen LogP contribution < -0.4 is 10.6 Å². The molecule has 0 radical (unpaired) electrons. The first kappa shape index (κ1) is 9.76. The highest BCUT2D eigenvalue weighted by molar-refractivity contribution is 5.30. The zero-order valence-electron chi connectivity index (χ0n) is 9.50. The Morgan fingerprint density at radius 2 is 2.06 bits per heavy atom. The van der Waals surface area contributed by atoms with Crippen LogP contribution in [0.3, 0.4) is 0 Å². The van der Waals surface area contributed by atoms with E-state index in [9.17, 15) is 0 Å². The highest BCUT2D eigenvalue weighted by Crippen LogP contribution is 2.29. The molecule has 0 fully saturated rings. The molecule has 0 amide bonds. The van der Waals surface area contributed by atoms with Crippen molar-refractivity contribution in [2.75, 3.05) is 6.67 Å². The number of rotatable bonds is 2. The Labute approximate surface area is 96.7 Å². The predicted octanol–water partition coefficient (Wildman–Crippen LogP) is 2.17. The van der Waals surface area contributed by atoms with E-state index in [1.807, 2.05) is 0 Å². The second-order valence-corrected chi connectivity index (χ2v) is 4.81. The topological polar surface area (TPSA) is 24.1 Å². The van der Waals surface area contributed by atoms with Crippen LogP contribution in [0.25, 0.3) is 0 Å². The molecule has 84 valence electrons. The summed E-state index contributed by atoms with van der Waals surface area (Å²) in [5, 5.41) is 6.59. The molecule has 2 aliphatic rings. The molecule has 0 spiro atoms. The van der Waals surface area contributed by atoms with Crippen LogP contribution >= 0.6 is 0 Å². The van der Waals surface area contributed by atoms with Gasteiger partial charge < -0.3 is 10.6 Å². The van der Waals surface area contributed by atoms with E-state index in [0.717, 1.165) is 12.6 Å². The quantitative estimate of drug-likeness (QED) is 0.788. The van der Waals surface area contributed by atoms with Crippen molar-refractivity contribution < 1.29 is 0 Å². The van der Waals surface area contributed by atoms with Crippen molar-refractivity contribution >= 4 is 0 Å². The zero-order chi connectivity index (χ0) is 10.8. The number of nitrogens with one attached hydrogen (secondary N) is 2. The summed E-state index contributed by atoms with van der Waals surface area (Å²) in [7, 11) is 0. The Morgan fingerprint density at radius 1 is 1.19 bits per heavy atom. The molecule has 16 heavy (non-hydrogen) atoms. The minimum atomic E-state index is 0.813. The van der Waals surface area contributed by atoms with E-state index in [1.165, 1.54) is 31.4 Å². The van der Waals surface area contributed by atoms with E-state index in [0.29, 0.717) is 0 Å². The number of allylic oxidation sites excluding steroid dienone is 1. The maximum atomic E-state index is 3.38. The van der Waals surface area contributed by atoms with Gasteiger partial charge in [-0.2, -0.15) is 0 Å². The highest BCUT2D eigenvalue weighted by atomic mass is 15.1. The van der Waals surface area contributed by atoms with Crippen LogP contribution in [0.2, 0.25) is 0 Å². The average molecular weight is 214 g/mol. The molecule has 1 heterocycles. The van der Waals surface area contributed by atoms with Crippen LogP contribution in [0.5, 0.6) is 0 Å². The minimum absolute atomic E-state index is 0.813. The fourth-order valence-electron chi connectivity index (χ4n) is 2.78. The van der Waals surface area contributed by atoms with Gasteiger partial charge in [0.15, 0.2) is 0 Å². The van der Waals surface area contributed by atoms with E-state index in [-0.39, 0.29) is 0 Å². The van der Waals surface area contributed by atoms with Crippen LogP contribution in [0.1, 0.15) is 24.0 Å². The van der Waals surface area contributed by atoms with Gasteiger partial charge in [0.25, 0.3) is 0 Å². The molecule has 0 saturated carbocycles. The Kier molecular flexibility index (Phi) is 2.56. The Hall–Kier alpha value is -1.44. The standard InChI is InChI=1S/C14H18N2/c1-2-4-13-7-11(5-6-12(13)3-1)8-14-9-15-10-16-14/h1-4,9,11,15-16H,5-8,10H2/t11-/m1/s1. The third-order valence-electron chi connectivity index (χ3n) is 3.65. The lowest BCUT2D eigenvalue weighted by molar-refractivity contribution is 0.447. The first-order valence-electron chi connectivity index (χ1n) is 6.15. The molecule has 1 atom stereocenters. The predicted molar refractivity (Wildman–Crippen MR) is 65.8 cm³/mol. The molecule has 1 aliphatic heterocycles. The van der Waals surface area contributed by atoms with Crippen LogP contribution in [0.15, 0.2) is 36.2 Å². The van der Waals surface area contributed by atoms with E-state index >= 15 is 0 Å². The summed E-state index contributed by atoms with van der Waals surface area (Å²) in [4.78, 5) is 0. The third kappa shape index (κ3) is 1.92.